The first kappa shape index (κ1) is 20.3. The van der Waals surface area contributed by atoms with E-state index in [0.717, 1.165) is 11.1 Å². The number of aryl methyl sites for hydroxylation is 1. The first-order chi connectivity index (χ1) is 14.0. The molecule has 0 fully saturated rings. The van der Waals surface area contributed by atoms with Gasteiger partial charge in [-0.2, -0.15) is 5.26 Å². The van der Waals surface area contributed by atoms with Crippen molar-refractivity contribution in [3.05, 3.63) is 105 Å². The minimum absolute atomic E-state index is 0.0245. The van der Waals surface area contributed by atoms with Gasteiger partial charge in [-0.15, -0.1) is 0 Å². The molecule has 0 radical (unpaired) electrons. The normalized spacial score (nSPS) is 11.0. The van der Waals surface area contributed by atoms with Gasteiger partial charge in [-0.3, -0.25) is 4.79 Å². The Bertz CT molecular complexity index is 1110. The smallest absolute Gasteiger partial charge is 0.266 e. The highest BCUT2D eigenvalue weighted by atomic mass is 35.5. The number of nitrogens with one attached hydrogen (secondary N) is 1. The molecule has 0 aromatic heterocycles. The Morgan fingerprint density at radius 3 is 2.52 bits per heavy atom. The molecule has 144 valence electrons. The summed E-state index contributed by atoms with van der Waals surface area (Å²) in [6.45, 7) is 1.87. The third-order valence-corrected chi connectivity index (χ3v) is 4.85. The average molecular weight is 405 g/mol. The molecule has 0 saturated heterocycles. The van der Waals surface area contributed by atoms with Crippen molar-refractivity contribution in [1.82, 2.24) is 0 Å². The summed E-state index contributed by atoms with van der Waals surface area (Å²) in [7, 11) is 0. The Hall–Kier alpha value is -3.42. The van der Waals surface area contributed by atoms with Gasteiger partial charge >= 0.3 is 0 Å². The maximum Gasteiger partial charge on any atom is 0.266 e. The van der Waals surface area contributed by atoms with E-state index in [9.17, 15) is 14.4 Å². The van der Waals surface area contributed by atoms with Crippen LogP contribution < -0.4 is 5.32 Å². The molecule has 1 N–H and O–H groups in total. The van der Waals surface area contributed by atoms with E-state index in [0.29, 0.717) is 28.3 Å². The summed E-state index contributed by atoms with van der Waals surface area (Å²) in [5, 5.41) is 12.6. The van der Waals surface area contributed by atoms with E-state index >= 15 is 0 Å². The molecule has 3 aromatic rings. The van der Waals surface area contributed by atoms with Crippen LogP contribution in [0.1, 0.15) is 22.3 Å². The van der Waals surface area contributed by atoms with Gasteiger partial charge in [0.05, 0.1) is 0 Å². The highest BCUT2D eigenvalue weighted by molar-refractivity contribution is 6.31. The van der Waals surface area contributed by atoms with Crippen molar-refractivity contribution < 1.29 is 9.18 Å². The van der Waals surface area contributed by atoms with Crippen LogP contribution in [0.5, 0.6) is 0 Å². The van der Waals surface area contributed by atoms with Crippen LogP contribution in [0.3, 0.4) is 0 Å². The van der Waals surface area contributed by atoms with Crippen molar-refractivity contribution >= 4 is 29.3 Å². The maximum atomic E-state index is 13.8. The van der Waals surface area contributed by atoms with E-state index in [1.54, 1.807) is 48.5 Å². The fourth-order valence-electron chi connectivity index (χ4n) is 2.78. The Labute approximate surface area is 174 Å². The van der Waals surface area contributed by atoms with Crippen LogP contribution in [-0.4, -0.2) is 5.91 Å². The molecule has 3 nitrogen and oxygen atoms in total. The monoisotopic (exact) mass is 404 g/mol. The van der Waals surface area contributed by atoms with Gasteiger partial charge in [-0.1, -0.05) is 60.1 Å². The predicted molar refractivity (Wildman–Crippen MR) is 114 cm³/mol. The molecular weight excluding hydrogens is 387 g/mol. The largest absolute Gasteiger partial charge is 0.321 e. The van der Waals surface area contributed by atoms with Crippen LogP contribution in [0.2, 0.25) is 5.02 Å². The summed E-state index contributed by atoms with van der Waals surface area (Å²) in [5.41, 5.74) is 3.65. The SMILES string of the molecule is Cc1ccc(NC(=O)/C(C#N)=C/c2ccc(Cc3ccccc3F)cc2)cc1Cl. The third-order valence-electron chi connectivity index (χ3n) is 4.44. The number of benzene rings is 3. The molecule has 3 rings (SSSR count). The van der Waals surface area contributed by atoms with Crippen molar-refractivity contribution in [3.8, 4) is 6.07 Å². The van der Waals surface area contributed by atoms with Gasteiger partial charge in [-0.05, 0) is 53.5 Å². The number of carbonyl (C=O) groups is 1. The minimum Gasteiger partial charge on any atom is -0.321 e. The fourth-order valence-corrected chi connectivity index (χ4v) is 2.96. The number of halogens is 2. The topological polar surface area (TPSA) is 52.9 Å². The molecular formula is C24H18ClFN2O. The van der Waals surface area contributed by atoms with E-state index in [2.05, 4.69) is 5.32 Å². The van der Waals surface area contributed by atoms with Crippen LogP contribution in [0.15, 0.2) is 72.3 Å². The number of rotatable bonds is 5. The summed E-state index contributed by atoms with van der Waals surface area (Å²) in [5.74, 6) is -0.751. The number of nitriles is 1. The van der Waals surface area contributed by atoms with Crippen molar-refractivity contribution in [2.24, 2.45) is 0 Å². The average Bonchev–Trinajstić information content (AvgIpc) is 2.71. The molecule has 5 heteroatoms. The van der Waals surface area contributed by atoms with Crippen LogP contribution in [0.4, 0.5) is 10.1 Å². The number of hydrogen-bond donors (Lipinski definition) is 1. The summed E-state index contributed by atoms with van der Waals surface area (Å²) < 4.78 is 13.8. The predicted octanol–water partition coefficient (Wildman–Crippen LogP) is 5.92. The molecule has 0 atom stereocenters. The highest BCUT2D eigenvalue weighted by Crippen LogP contribution is 2.21. The lowest BCUT2D eigenvalue weighted by Gasteiger charge is -2.07. The Morgan fingerprint density at radius 2 is 1.86 bits per heavy atom. The second-order valence-electron chi connectivity index (χ2n) is 6.60. The van der Waals surface area contributed by atoms with Gasteiger partial charge in [0.1, 0.15) is 17.5 Å². The lowest BCUT2D eigenvalue weighted by Crippen LogP contribution is -2.13. The minimum atomic E-state index is -0.511. The number of anilines is 1. The quantitative estimate of drug-likeness (QED) is 0.423. The lowest BCUT2D eigenvalue weighted by molar-refractivity contribution is -0.112. The van der Waals surface area contributed by atoms with Gasteiger partial charge in [0.15, 0.2) is 0 Å². The zero-order chi connectivity index (χ0) is 20.8. The van der Waals surface area contributed by atoms with E-state index in [1.165, 1.54) is 12.1 Å². The number of nitrogens with zero attached hydrogens (tertiary/aromatic N) is 1. The van der Waals surface area contributed by atoms with Crippen LogP contribution in [0.25, 0.3) is 6.08 Å². The Kier molecular flexibility index (Phi) is 6.43. The Balaban J connectivity index is 1.73. The van der Waals surface area contributed by atoms with E-state index < -0.39 is 5.91 Å². The van der Waals surface area contributed by atoms with Crippen molar-refractivity contribution in [2.75, 3.05) is 5.32 Å². The molecule has 0 saturated carbocycles. The summed E-state index contributed by atoms with van der Waals surface area (Å²) in [4.78, 5) is 12.4. The summed E-state index contributed by atoms with van der Waals surface area (Å²) >= 11 is 6.07. The van der Waals surface area contributed by atoms with Gasteiger partial charge in [0.25, 0.3) is 5.91 Å². The fraction of sp³-hybridized carbons (Fsp3) is 0.0833. The third kappa shape index (κ3) is 5.31. The van der Waals surface area contributed by atoms with Crippen molar-refractivity contribution in [1.29, 1.82) is 5.26 Å². The zero-order valence-electron chi connectivity index (χ0n) is 15.7. The molecule has 0 spiro atoms. The molecule has 29 heavy (non-hydrogen) atoms. The van der Waals surface area contributed by atoms with Crippen LogP contribution in [0, 0.1) is 24.1 Å². The first-order valence-corrected chi connectivity index (χ1v) is 9.35. The summed E-state index contributed by atoms with van der Waals surface area (Å²) in [6.07, 6.45) is 1.98. The molecule has 0 bridgehead atoms. The van der Waals surface area contributed by atoms with E-state index in [1.807, 2.05) is 25.1 Å². The Morgan fingerprint density at radius 1 is 1.14 bits per heavy atom. The van der Waals surface area contributed by atoms with E-state index in [4.69, 9.17) is 11.6 Å². The zero-order valence-corrected chi connectivity index (χ0v) is 16.5. The van der Waals surface area contributed by atoms with E-state index in [-0.39, 0.29) is 11.4 Å². The number of hydrogen-bond acceptors (Lipinski definition) is 2. The molecule has 0 aliphatic carbocycles. The first-order valence-electron chi connectivity index (χ1n) is 8.98. The van der Waals surface area contributed by atoms with Gasteiger partial charge in [-0.25, -0.2) is 4.39 Å². The van der Waals surface area contributed by atoms with Gasteiger partial charge in [0, 0.05) is 17.1 Å². The van der Waals surface area contributed by atoms with Crippen LogP contribution >= 0.6 is 11.6 Å². The molecule has 1 amide bonds. The van der Waals surface area contributed by atoms with Crippen molar-refractivity contribution in [3.63, 3.8) is 0 Å². The summed E-state index contributed by atoms with van der Waals surface area (Å²) in [6, 6.07) is 21.0. The molecule has 0 aliphatic heterocycles. The van der Waals surface area contributed by atoms with Gasteiger partial charge < -0.3 is 5.32 Å². The second kappa shape index (κ2) is 9.18. The highest BCUT2D eigenvalue weighted by Gasteiger charge is 2.10. The maximum absolute atomic E-state index is 13.8. The number of amides is 1. The second-order valence-corrected chi connectivity index (χ2v) is 7.00. The van der Waals surface area contributed by atoms with Gasteiger partial charge in [0.2, 0.25) is 0 Å². The van der Waals surface area contributed by atoms with Crippen molar-refractivity contribution in [2.45, 2.75) is 13.3 Å². The van der Waals surface area contributed by atoms with Crippen LogP contribution in [-0.2, 0) is 11.2 Å². The standard InChI is InChI=1S/C24H18ClFN2O/c1-16-6-11-21(14-22(16)25)28-24(29)20(15-27)13-18-9-7-17(8-10-18)12-19-4-2-3-5-23(19)26/h2-11,13-14H,12H2,1H3,(H,28,29)/b20-13+. The molecule has 3 aromatic carbocycles. The molecule has 0 heterocycles. The molecule has 0 unspecified atom stereocenters. The lowest BCUT2D eigenvalue weighted by atomic mass is 10.0. The number of carbonyl (C=O) groups excluding carboxylic acids is 1. The molecule has 0 aliphatic rings.